The third-order valence-corrected chi connectivity index (χ3v) is 7.15. The number of anilines is 2. The van der Waals surface area contributed by atoms with Gasteiger partial charge in [0.1, 0.15) is 11.8 Å². The Hall–Kier alpha value is -4.59. The van der Waals surface area contributed by atoms with Crippen LogP contribution in [0.4, 0.5) is 16.2 Å². The molecule has 186 valence electrons. The van der Waals surface area contributed by atoms with E-state index in [-0.39, 0.29) is 23.2 Å². The maximum atomic E-state index is 13.7. The van der Waals surface area contributed by atoms with Crippen molar-refractivity contribution >= 4 is 40.1 Å². The normalized spacial score (nSPS) is 18.6. The van der Waals surface area contributed by atoms with Crippen molar-refractivity contribution in [1.82, 2.24) is 9.88 Å². The molecule has 1 saturated heterocycles. The van der Waals surface area contributed by atoms with E-state index in [0.717, 1.165) is 27.1 Å². The van der Waals surface area contributed by atoms with Crippen LogP contribution < -0.4 is 15.0 Å². The highest BCUT2D eigenvalue weighted by Gasteiger charge is 2.52. The second-order valence-electron chi connectivity index (χ2n) is 9.25. The topological polar surface area (TPSA) is 94.7 Å². The van der Waals surface area contributed by atoms with Gasteiger partial charge in [0.15, 0.2) is 0 Å². The van der Waals surface area contributed by atoms with Gasteiger partial charge < -0.3 is 19.9 Å². The summed E-state index contributed by atoms with van der Waals surface area (Å²) >= 11 is 0. The first kappa shape index (κ1) is 22.8. The van der Waals surface area contributed by atoms with Crippen molar-refractivity contribution in [3.8, 4) is 5.75 Å². The van der Waals surface area contributed by atoms with Crippen LogP contribution in [0.15, 0.2) is 72.8 Å². The summed E-state index contributed by atoms with van der Waals surface area (Å²) < 4.78 is 5.46. The van der Waals surface area contributed by atoms with Crippen LogP contribution in [0.25, 0.3) is 10.9 Å². The van der Waals surface area contributed by atoms with Crippen molar-refractivity contribution in [2.24, 2.45) is 0 Å². The zero-order chi connectivity index (χ0) is 25.7. The molecule has 0 bridgehead atoms. The molecule has 2 aliphatic heterocycles. The van der Waals surface area contributed by atoms with Gasteiger partial charge in [0.25, 0.3) is 11.8 Å². The second-order valence-corrected chi connectivity index (χ2v) is 9.25. The van der Waals surface area contributed by atoms with Crippen LogP contribution in [-0.4, -0.2) is 40.4 Å². The number of carbonyl (C=O) groups excluding carboxylic acids is 3. The molecule has 1 aromatic heterocycles. The number of hydrogen-bond donors (Lipinski definition) is 2. The fraction of sp³-hybridized carbons (Fsp3) is 0.207. The maximum Gasteiger partial charge on any atom is 0.332 e. The summed E-state index contributed by atoms with van der Waals surface area (Å²) in [7, 11) is 0. The number of imide groups is 1. The van der Waals surface area contributed by atoms with Crippen LogP contribution >= 0.6 is 0 Å². The molecule has 0 radical (unpaired) electrons. The largest absolute Gasteiger partial charge is 0.494 e. The minimum atomic E-state index is -0.628. The van der Waals surface area contributed by atoms with E-state index in [1.807, 2.05) is 38.1 Å². The van der Waals surface area contributed by atoms with Crippen molar-refractivity contribution in [2.45, 2.75) is 32.4 Å². The van der Waals surface area contributed by atoms with Crippen LogP contribution in [0.2, 0.25) is 0 Å². The van der Waals surface area contributed by atoms with Crippen molar-refractivity contribution in [1.29, 1.82) is 0 Å². The summed E-state index contributed by atoms with van der Waals surface area (Å²) in [5.74, 6) is -0.0267. The molecule has 4 amide bonds. The number of urea groups is 1. The zero-order valence-corrected chi connectivity index (χ0v) is 20.5. The number of aromatic nitrogens is 1. The molecule has 0 spiro atoms. The standard InChI is InChI=1S/C29H26N4O4/c1-3-37-19-14-12-18(13-15-19)30-27(34)21-9-5-7-11-24(21)33-28(35)25-16-22-20-8-4-6-10-23(20)31-26(22)17(2)32(25)29(33)36/h4-15,17,25,31H,3,16H2,1-2H3,(H,30,34)/t17-,25-/m0/s1. The van der Waals surface area contributed by atoms with E-state index in [0.29, 0.717) is 24.5 Å². The molecular weight excluding hydrogens is 468 g/mol. The first-order valence-corrected chi connectivity index (χ1v) is 12.4. The number of nitrogens with zero attached hydrogens (tertiary/aromatic N) is 2. The van der Waals surface area contributed by atoms with Crippen LogP contribution in [0.1, 0.15) is 41.5 Å². The lowest BCUT2D eigenvalue weighted by Crippen LogP contribution is -2.42. The number of amides is 4. The Morgan fingerprint density at radius 3 is 2.54 bits per heavy atom. The maximum absolute atomic E-state index is 13.7. The van der Waals surface area contributed by atoms with Gasteiger partial charge in [-0.3, -0.25) is 9.59 Å². The van der Waals surface area contributed by atoms with E-state index in [2.05, 4.69) is 10.3 Å². The smallest absolute Gasteiger partial charge is 0.332 e. The molecule has 37 heavy (non-hydrogen) atoms. The lowest BCUT2D eigenvalue weighted by molar-refractivity contribution is -0.120. The number of rotatable bonds is 5. The molecule has 8 nitrogen and oxygen atoms in total. The molecule has 1 fully saturated rings. The Bertz CT molecular complexity index is 1540. The zero-order valence-electron chi connectivity index (χ0n) is 20.5. The Labute approximate surface area is 213 Å². The van der Waals surface area contributed by atoms with Crippen molar-refractivity contribution in [3.63, 3.8) is 0 Å². The molecule has 3 heterocycles. The number of carbonyl (C=O) groups is 3. The minimum absolute atomic E-state index is 0.245. The van der Waals surface area contributed by atoms with Crippen molar-refractivity contribution in [3.05, 3.63) is 89.6 Å². The first-order valence-electron chi connectivity index (χ1n) is 12.4. The van der Waals surface area contributed by atoms with Crippen LogP contribution in [-0.2, 0) is 11.2 Å². The molecular formula is C29H26N4O4. The predicted molar refractivity (Wildman–Crippen MR) is 141 cm³/mol. The summed E-state index contributed by atoms with van der Waals surface area (Å²) in [6.07, 6.45) is 0.422. The number of nitrogens with one attached hydrogen (secondary N) is 2. The Balaban J connectivity index is 1.31. The minimum Gasteiger partial charge on any atom is -0.494 e. The third kappa shape index (κ3) is 3.64. The van der Waals surface area contributed by atoms with Crippen LogP contribution in [0, 0.1) is 0 Å². The fourth-order valence-electron chi connectivity index (χ4n) is 5.44. The Morgan fingerprint density at radius 2 is 1.76 bits per heavy atom. The van der Waals surface area contributed by atoms with Gasteiger partial charge in [-0.15, -0.1) is 0 Å². The highest BCUT2D eigenvalue weighted by Crippen LogP contribution is 2.42. The predicted octanol–water partition coefficient (Wildman–Crippen LogP) is 5.27. The van der Waals surface area contributed by atoms with E-state index in [4.69, 9.17) is 4.74 Å². The second kappa shape index (κ2) is 8.81. The number of para-hydroxylation sites is 2. The average molecular weight is 495 g/mol. The number of H-pyrrole nitrogens is 1. The highest BCUT2D eigenvalue weighted by atomic mass is 16.5. The Morgan fingerprint density at radius 1 is 1.03 bits per heavy atom. The molecule has 2 atom stereocenters. The molecule has 2 aliphatic rings. The number of fused-ring (bicyclic) bond motifs is 4. The summed E-state index contributed by atoms with van der Waals surface area (Å²) in [5, 5.41) is 3.93. The third-order valence-electron chi connectivity index (χ3n) is 7.15. The SMILES string of the molecule is CCOc1ccc(NC(=O)c2ccccc2N2C(=O)[C@@H]3Cc4c([nH]c5ccccc45)[C@H](C)N3C2=O)cc1. The molecule has 4 aromatic rings. The van der Waals surface area contributed by atoms with Gasteiger partial charge in [-0.1, -0.05) is 30.3 Å². The van der Waals surface area contributed by atoms with Crippen molar-refractivity contribution < 1.29 is 19.1 Å². The van der Waals surface area contributed by atoms with Gasteiger partial charge in [0.2, 0.25) is 0 Å². The van der Waals surface area contributed by atoms with E-state index in [9.17, 15) is 14.4 Å². The molecule has 3 aromatic carbocycles. The fourth-order valence-corrected chi connectivity index (χ4v) is 5.44. The molecule has 6 rings (SSSR count). The average Bonchev–Trinajstić information content (AvgIpc) is 3.40. The number of hydrogen-bond acceptors (Lipinski definition) is 4. The van der Waals surface area contributed by atoms with Gasteiger partial charge in [0, 0.05) is 28.7 Å². The van der Waals surface area contributed by atoms with E-state index < -0.39 is 18.0 Å². The monoisotopic (exact) mass is 494 g/mol. The molecule has 0 aliphatic carbocycles. The summed E-state index contributed by atoms with van der Waals surface area (Å²) in [4.78, 5) is 46.9. The molecule has 0 unspecified atom stereocenters. The van der Waals surface area contributed by atoms with Crippen LogP contribution in [0.3, 0.4) is 0 Å². The van der Waals surface area contributed by atoms with Crippen LogP contribution in [0.5, 0.6) is 5.75 Å². The lowest BCUT2D eigenvalue weighted by Gasteiger charge is -2.33. The molecule has 2 N–H and O–H groups in total. The first-order chi connectivity index (χ1) is 18.0. The van der Waals surface area contributed by atoms with E-state index >= 15 is 0 Å². The van der Waals surface area contributed by atoms with Gasteiger partial charge in [0.05, 0.1) is 23.9 Å². The van der Waals surface area contributed by atoms with E-state index in [1.54, 1.807) is 53.4 Å². The molecule has 8 heteroatoms. The number of benzene rings is 3. The van der Waals surface area contributed by atoms with Crippen molar-refractivity contribution in [2.75, 3.05) is 16.8 Å². The molecule has 0 saturated carbocycles. The summed E-state index contributed by atoms with van der Waals surface area (Å²) in [5.41, 5.74) is 4.11. The number of ether oxygens (including phenoxy) is 1. The summed E-state index contributed by atoms with van der Waals surface area (Å²) in [6.45, 7) is 4.38. The van der Waals surface area contributed by atoms with Gasteiger partial charge in [-0.05, 0) is 61.9 Å². The quantitative estimate of drug-likeness (QED) is 0.370. The Kier molecular flexibility index (Phi) is 5.44. The summed E-state index contributed by atoms with van der Waals surface area (Å²) in [6, 6.07) is 20.3. The van der Waals surface area contributed by atoms with Gasteiger partial charge in [-0.25, -0.2) is 9.69 Å². The van der Waals surface area contributed by atoms with E-state index in [1.165, 1.54) is 0 Å². The number of aromatic amines is 1. The van der Waals surface area contributed by atoms with Gasteiger partial charge >= 0.3 is 6.03 Å². The lowest BCUT2D eigenvalue weighted by atomic mass is 9.93. The van der Waals surface area contributed by atoms with Gasteiger partial charge in [-0.2, -0.15) is 0 Å². The highest BCUT2D eigenvalue weighted by molar-refractivity contribution is 6.24.